The summed E-state index contributed by atoms with van der Waals surface area (Å²) in [6.07, 6.45) is 6.23. The van der Waals surface area contributed by atoms with E-state index in [0.717, 1.165) is 30.6 Å². The summed E-state index contributed by atoms with van der Waals surface area (Å²) in [5.41, 5.74) is 2.10. The Hall–Kier alpha value is -4.94. The van der Waals surface area contributed by atoms with Crippen molar-refractivity contribution >= 4 is 44.3 Å². The highest BCUT2D eigenvalue weighted by Gasteiger charge is 2.24. The van der Waals surface area contributed by atoms with E-state index in [1.54, 1.807) is 16.8 Å². The van der Waals surface area contributed by atoms with Crippen molar-refractivity contribution in [2.45, 2.75) is 38.6 Å². The van der Waals surface area contributed by atoms with Crippen molar-refractivity contribution in [1.82, 2.24) is 19.9 Å². The van der Waals surface area contributed by atoms with Gasteiger partial charge in [-0.2, -0.15) is 4.98 Å². The van der Waals surface area contributed by atoms with Gasteiger partial charge in [-0.3, -0.25) is 9.36 Å². The predicted molar refractivity (Wildman–Crippen MR) is 165 cm³/mol. The molecule has 2 atom stereocenters. The lowest BCUT2D eigenvalue weighted by molar-refractivity contribution is -0.117. The number of hydrogen-bond donors (Lipinski definition) is 2. The van der Waals surface area contributed by atoms with Crippen LogP contribution in [0.3, 0.4) is 0 Å². The Balaban J connectivity index is 1.32. The number of carbonyl (C=O) groups is 1. The minimum atomic E-state index is -0.464. The monoisotopic (exact) mass is 576 g/mol. The van der Waals surface area contributed by atoms with Gasteiger partial charge < -0.3 is 15.2 Å². The second-order valence-corrected chi connectivity index (χ2v) is 11.3. The summed E-state index contributed by atoms with van der Waals surface area (Å²) in [5.74, 6) is 7.39. The molecule has 0 aliphatic heterocycles. The van der Waals surface area contributed by atoms with E-state index in [1.807, 2.05) is 55.5 Å². The summed E-state index contributed by atoms with van der Waals surface area (Å²) >= 11 is 1.26. The normalized spacial score (nSPS) is 17.1. The number of hydrogen-bond acceptors (Lipinski definition) is 7. The molecule has 8 nitrogen and oxygen atoms in total. The topological polar surface area (TPSA) is 106 Å². The Kier molecular flexibility index (Phi) is 7.46. The molecule has 9 heteroatoms. The van der Waals surface area contributed by atoms with E-state index in [0.29, 0.717) is 49.6 Å². The number of nitrogens with one attached hydrogen (secondary N) is 1. The minimum absolute atomic E-state index is 0.125. The fraction of sp³-hybridized carbons (Fsp3) is 0.212. The average molecular weight is 577 g/mol. The number of aliphatic hydroxyl groups excluding tert-OH is 1. The summed E-state index contributed by atoms with van der Waals surface area (Å²) in [5, 5.41) is 14.6. The van der Waals surface area contributed by atoms with Crippen molar-refractivity contribution in [2.75, 3.05) is 0 Å². The zero-order chi connectivity index (χ0) is 29.2. The van der Waals surface area contributed by atoms with E-state index in [4.69, 9.17) is 4.74 Å². The van der Waals surface area contributed by atoms with Crippen LogP contribution in [0.25, 0.3) is 32.7 Å². The molecule has 1 aliphatic carbocycles. The van der Waals surface area contributed by atoms with Gasteiger partial charge in [0.1, 0.15) is 26.4 Å². The molecule has 42 heavy (non-hydrogen) atoms. The van der Waals surface area contributed by atoms with Crippen molar-refractivity contribution < 1.29 is 14.6 Å². The zero-order valence-electron chi connectivity index (χ0n) is 23.0. The van der Waals surface area contributed by atoms with Crippen LogP contribution < -0.4 is 20.3 Å². The molecule has 3 aromatic heterocycles. The van der Waals surface area contributed by atoms with Crippen LogP contribution in [0, 0.1) is 24.7 Å². The number of aromatic nitrogens is 3. The van der Waals surface area contributed by atoms with Gasteiger partial charge in [-0.1, -0.05) is 30.7 Å². The third-order valence-corrected chi connectivity index (χ3v) is 8.55. The second-order valence-electron chi connectivity index (χ2n) is 10.3. The molecule has 3 heterocycles. The van der Waals surface area contributed by atoms with E-state index in [-0.39, 0.29) is 17.7 Å². The van der Waals surface area contributed by atoms with Crippen molar-refractivity contribution in [2.24, 2.45) is 5.92 Å². The summed E-state index contributed by atoms with van der Waals surface area (Å²) in [6, 6.07) is 17.0. The van der Waals surface area contributed by atoms with Gasteiger partial charge >= 0.3 is 5.69 Å². The lowest BCUT2D eigenvalue weighted by Gasteiger charge is -2.14. The van der Waals surface area contributed by atoms with Gasteiger partial charge in [-0.15, -0.1) is 11.3 Å². The van der Waals surface area contributed by atoms with Gasteiger partial charge in [-0.25, -0.2) is 9.78 Å². The Morgan fingerprint density at radius 3 is 2.83 bits per heavy atom. The summed E-state index contributed by atoms with van der Waals surface area (Å²) < 4.78 is 7.96. The van der Waals surface area contributed by atoms with Crippen LogP contribution in [-0.4, -0.2) is 31.6 Å². The van der Waals surface area contributed by atoms with Crippen LogP contribution in [0.4, 0.5) is 0 Å². The number of pyridine rings is 1. The molecule has 0 bridgehead atoms. The Bertz CT molecular complexity index is 2000. The number of aryl methyl sites for hydroxylation is 1. The number of ether oxygens (including phenoxy) is 1. The SMILES string of the molecule is C=CC(=O)N[C@H]1CC[C@H](CC#CC(O)=c2sc3nccc4c3c2nc(=O)n4-c2ccc(Oc3ccccc3)cc2C)C1. The van der Waals surface area contributed by atoms with Gasteiger partial charge in [0, 0.05) is 18.7 Å². The van der Waals surface area contributed by atoms with Crippen LogP contribution in [-0.2, 0) is 4.79 Å². The van der Waals surface area contributed by atoms with Gasteiger partial charge in [0.2, 0.25) is 5.91 Å². The van der Waals surface area contributed by atoms with Gasteiger partial charge in [0.05, 0.1) is 16.6 Å². The molecule has 2 aromatic carbocycles. The van der Waals surface area contributed by atoms with Gasteiger partial charge in [-0.05, 0) is 86.1 Å². The number of para-hydroxylation sites is 1. The van der Waals surface area contributed by atoms with Crippen LogP contribution in [0.1, 0.15) is 31.2 Å². The van der Waals surface area contributed by atoms with Crippen LogP contribution in [0.15, 0.2) is 78.2 Å². The van der Waals surface area contributed by atoms with Crippen LogP contribution in [0.2, 0.25) is 0 Å². The number of aliphatic hydroxyl groups is 1. The van der Waals surface area contributed by atoms with Crippen molar-refractivity contribution in [1.29, 1.82) is 0 Å². The van der Waals surface area contributed by atoms with Crippen LogP contribution >= 0.6 is 11.3 Å². The number of thiophene rings is 1. The highest BCUT2D eigenvalue weighted by molar-refractivity contribution is 7.17. The molecule has 6 rings (SSSR count). The molecule has 210 valence electrons. The van der Waals surface area contributed by atoms with Gasteiger partial charge in [0.15, 0.2) is 5.76 Å². The first-order valence-corrected chi connectivity index (χ1v) is 14.5. The van der Waals surface area contributed by atoms with Crippen molar-refractivity contribution in [3.63, 3.8) is 0 Å². The maximum absolute atomic E-state index is 13.5. The first kappa shape index (κ1) is 27.2. The standard InChI is InChI=1S/C33H28N4O4S/c1-3-28(39)35-22-13-12-21(19-22)8-7-11-27(38)31-30-29-26(16-17-34-32(29)42-31)37(33(40)36-30)25-15-14-24(18-20(25)2)41-23-9-5-4-6-10-23/h3-6,9-10,14-18,21-22,38H,1,8,12-13,19H2,2H3,(H,35,39)/t21-,22-/m0/s1. The Labute approximate surface area is 246 Å². The largest absolute Gasteiger partial charge is 0.500 e. The fourth-order valence-corrected chi connectivity index (χ4v) is 6.48. The molecule has 1 fully saturated rings. The third kappa shape index (κ3) is 5.37. The van der Waals surface area contributed by atoms with E-state index >= 15 is 0 Å². The molecule has 0 unspecified atom stereocenters. The molecule has 1 amide bonds. The maximum atomic E-state index is 13.5. The smallest absolute Gasteiger partial charge is 0.353 e. The van der Waals surface area contributed by atoms with E-state index in [9.17, 15) is 14.7 Å². The molecule has 0 radical (unpaired) electrons. The summed E-state index contributed by atoms with van der Waals surface area (Å²) in [7, 11) is 0. The number of benzene rings is 2. The molecule has 1 saturated carbocycles. The number of carbonyl (C=O) groups excluding carboxylic acids is 1. The number of rotatable bonds is 6. The highest BCUT2D eigenvalue weighted by Crippen LogP contribution is 2.30. The summed E-state index contributed by atoms with van der Waals surface area (Å²) in [4.78, 5) is 34.6. The quantitative estimate of drug-likeness (QED) is 0.209. The third-order valence-electron chi connectivity index (χ3n) is 7.46. The average Bonchev–Trinajstić information content (AvgIpc) is 3.59. The molecule has 0 spiro atoms. The predicted octanol–water partition coefficient (Wildman–Crippen LogP) is 5.35. The fourth-order valence-electron chi connectivity index (χ4n) is 5.48. The molecule has 1 aliphatic rings. The number of amides is 1. The molecular formula is C33H28N4O4S. The lowest BCUT2D eigenvalue weighted by Crippen LogP contribution is -2.31. The minimum Gasteiger partial charge on any atom is -0.500 e. The van der Waals surface area contributed by atoms with E-state index < -0.39 is 5.69 Å². The molecule has 0 saturated heterocycles. The zero-order valence-corrected chi connectivity index (χ0v) is 23.8. The van der Waals surface area contributed by atoms with Crippen molar-refractivity contribution in [3.05, 3.63) is 94.0 Å². The first-order chi connectivity index (χ1) is 20.4. The molecular weight excluding hydrogens is 548 g/mol. The maximum Gasteiger partial charge on any atom is 0.353 e. The molecule has 5 aromatic rings. The van der Waals surface area contributed by atoms with Crippen molar-refractivity contribution in [3.8, 4) is 29.0 Å². The summed E-state index contributed by atoms with van der Waals surface area (Å²) in [6.45, 7) is 5.42. The molecule has 2 N–H and O–H groups in total. The second kappa shape index (κ2) is 11.5. The van der Waals surface area contributed by atoms with Crippen LogP contribution in [0.5, 0.6) is 11.5 Å². The first-order valence-electron chi connectivity index (χ1n) is 13.7. The van der Waals surface area contributed by atoms with E-state index in [2.05, 4.69) is 33.7 Å². The number of nitrogens with zero attached hydrogens (tertiary/aromatic N) is 3. The highest BCUT2D eigenvalue weighted by atomic mass is 32.1. The Morgan fingerprint density at radius 1 is 1.21 bits per heavy atom. The van der Waals surface area contributed by atoms with E-state index in [1.165, 1.54) is 17.4 Å². The lowest BCUT2D eigenvalue weighted by atomic mass is 10.0. The Morgan fingerprint density at radius 2 is 2.05 bits per heavy atom. The van der Waals surface area contributed by atoms with Gasteiger partial charge in [0.25, 0.3) is 0 Å².